The molecule has 9 nitrogen and oxygen atoms in total. The van der Waals surface area contributed by atoms with Crippen molar-refractivity contribution >= 4 is 19.8 Å². The van der Waals surface area contributed by atoms with E-state index in [0.717, 1.165) is 109 Å². The van der Waals surface area contributed by atoms with E-state index in [0.29, 0.717) is 6.42 Å². The Balaban J connectivity index is 3.98. The van der Waals surface area contributed by atoms with Crippen molar-refractivity contribution in [3.8, 4) is 0 Å². The van der Waals surface area contributed by atoms with Crippen LogP contribution in [0, 0.1) is 0 Å². The molecule has 0 heterocycles. The van der Waals surface area contributed by atoms with Crippen LogP contribution in [-0.4, -0.2) is 49.3 Å². The van der Waals surface area contributed by atoms with Crippen LogP contribution in [0.2, 0.25) is 0 Å². The van der Waals surface area contributed by atoms with Gasteiger partial charge in [-0.2, -0.15) is 0 Å². The van der Waals surface area contributed by atoms with Crippen molar-refractivity contribution in [1.82, 2.24) is 0 Å². The minimum Gasteiger partial charge on any atom is -0.462 e. The summed E-state index contributed by atoms with van der Waals surface area (Å²) in [6, 6.07) is 0. The van der Waals surface area contributed by atoms with Gasteiger partial charge in [-0.15, -0.1) is 0 Å². The number of phosphoric acid groups is 1. The van der Waals surface area contributed by atoms with Gasteiger partial charge in [0.25, 0.3) is 0 Å². The van der Waals surface area contributed by atoms with Crippen molar-refractivity contribution in [1.29, 1.82) is 0 Å². The number of carbonyl (C=O) groups is 2. The van der Waals surface area contributed by atoms with Crippen LogP contribution in [0.25, 0.3) is 0 Å². The average molecular weight is 1080 g/mol. The first-order valence-corrected chi connectivity index (χ1v) is 32.0. The SMILES string of the molecule is CC/C=C\C/C=C\C/C=C\C/C=C\C/C=C\C/C=C\C/C=C\C/C=C\C/C=C\C/C=C\CCCCCCCCCCC(=O)OC(COC(=O)CCCCCCCCCCCCCCCCCC)COP(=O)(O)OCCN. The Morgan fingerprint density at radius 1 is 0.408 bits per heavy atom. The molecular formula is C66H112NO8P. The Morgan fingerprint density at radius 3 is 1.08 bits per heavy atom. The number of allylic oxidation sites excluding steroid dienone is 20. The van der Waals surface area contributed by atoms with Crippen LogP contribution in [0.4, 0.5) is 0 Å². The molecule has 0 aromatic heterocycles. The minimum atomic E-state index is -4.39. The van der Waals surface area contributed by atoms with Crippen molar-refractivity contribution in [2.75, 3.05) is 26.4 Å². The third kappa shape index (κ3) is 59.7. The molecule has 0 aliphatic rings. The first-order chi connectivity index (χ1) is 37.3. The highest BCUT2D eigenvalue weighted by molar-refractivity contribution is 7.47. The molecule has 0 aliphatic carbocycles. The lowest BCUT2D eigenvalue weighted by Crippen LogP contribution is -2.29. The van der Waals surface area contributed by atoms with Crippen molar-refractivity contribution in [2.45, 2.75) is 258 Å². The zero-order chi connectivity index (χ0) is 55.2. The van der Waals surface area contributed by atoms with Gasteiger partial charge in [0.15, 0.2) is 6.10 Å². The third-order valence-corrected chi connectivity index (χ3v) is 13.6. The Bertz CT molecular complexity index is 1660. The topological polar surface area (TPSA) is 134 Å². The first kappa shape index (κ1) is 72.4. The number of hydrogen-bond donors (Lipinski definition) is 2. The molecule has 2 unspecified atom stereocenters. The monoisotopic (exact) mass is 1080 g/mol. The van der Waals surface area contributed by atoms with Crippen LogP contribution in [0.3, 0.4) is 0 Å². The van der Waals surface area contributed by atoms with E-state index in [2.05, 4.69) is 135 Å². The first-order valence-electron chi connectivity index (χ1n) is 30.5. The van der Waals surface area contributed by atoms with Crippen molar-refractivity contribution in [3.63, 3.8) is 0 Å². The van der Waals surface area contributed by atoms with Gasteiger partial charge in [0.1, 0.15) is 6.61 Å². The molecular weight excluding hydrogens is 966 g/mol. The van der Waals surface area contributed by atoms with E-state index in [4.69, 9.17) is 24.3 Å². The van der Waals surface area contributed by atoms with Gasteiger partial charge < -0.3 is 20.1 Å². The van der Waals surface area contributed by atoms with E-state index in [1.54, 1.807) is 0 Å². The summed E-state index contributed by atoms with van der Waals surface area (Å²) in [6.45, 7) is 3.63. The molecule has 0 saturated heterocycles. The molecule has 76 heavy (non-hydrogen) atoms. The van der Waals surface area contributed by atoms with E-state index in [-0.39, 0.29) is 38.6 Å². The lowest BCUT2D eigenvalue weighted by atomic mass is 10.0. The number of ether oxygens (including phenoxy) is 2. The number of rotatable bonds is 56. The fourth-order valence-corrected chi connectivity index (χ4v) is 8.90. The summed E-state index contributed by atoms with van der Waals surface area (Å²) in [5.41, 5.74) is 5.38. The molecule has 0 fully saturated rings. The molecule has 10 heteroatoms. The van der Waals surface area contributed by atoms with Gasteiger partial charge >= 0.3 is 19.8 Å². The summed E-state index contributed by atoms with van der Waals surface area (Å²) >= 11 is 0. The van der Waals surface area contributed by atoms with E-state index in [1.807, 2.05) is 0 Å². The highest BCUT2D eigenvalue weighted by Gasteiger charge is 2.26. The maximum absolute atomic E-state index is 12.7. The molecule has 0 spiro atoms. The molecule has 0 radical (unpaired) electrons. The molecule has 0 rings (SSSR count). The standard InChI is InChI=1S/C66H112NO8P/c1-3-5-7-9-11-13-15-17-19-21-22-23-24-25-26-27-28-29-30-31-32-33-34-35-36-37-38-39-40-41-42-43-45-47-49-51-53-55-57-59-66(69)75-64(63-74-76(70,71)73-61-60-67)62-72-65(68)58-56-54-52-50-48-46-44-20-18-16-14-12-10-8-6-4-2/h5,7,11,13,17,19,22-23,25-26,28-29,31-32,34-35,37-38,40-41,64H,3-4,6,8-10,12,14-16,18,20-21,24,27,30,33,36,39,42-63,67H2,1-2H3,(H,70,71)/b7-5-,13-11-,19-17-,23-22-,26-25-,29-28-,32-31-,35-34-,38-37-,41-40-. The lowest BCUT2D eigenvalue weighted by molar-refractivity contribution is -0.161. The molecule has 0 amide bonds. The second kappa shape index (κ2) is 60.6. The zero-order valence-electron chi connectivity index (χ0n) is 48.4. The van der Waals surface area contributed by atoms with Gasteiger partial charge in [0, 0.05) is 19.4 Å². The molecule has 0 bridgehead atoms. The summed E-state index contributed by atoms with van der Waals surface area (Å²) in [6.07, 6.45) is 84.0. The average Bonchev–Trinajstić information content (AvgIpc) is 3.41. The summed E-state index contributed by atoms with van der Waals surface area (Å²) < 4.78 is 33.0. The maximum atomic E-state index is 12.7. The van der Waals surface area contributed by atoms with Crippen molar-refractivity contribution < 1.29 is 37.6 Å². The molecule has 0 aromatic rings. The fraction of sp³-hybridized carbons (Fsp3) is 0.667. The van der Waals surface area contributed by atoms with Crippen molar-refractivity contribution in [2.24, 2.45) is 5.73 Å². The van der Waals surface area contributed by atoms with Crippen LogP contribution in [0.1, 0.15) is 251 Å². The van der Waals surface area contributed by atoms with Gasteiger partial charge in [0.05, 0.1) is 13.2 Å². The molecule has 0 aliphatic heterocycles. The molecule has 434 valence electrons. The van der Waals surface area contributed by atoms with Gasteiger partial charge in [0.2, 0.25) is 0 Å². The summed E-state index contributed by atoms with van der Waals surface area (Å²) in [5.74, 6) is -0.837. The van der Waals surface area contributed by atoms with Crippen LogP contribution < -0.4 is 5.73 Å². The Labute approximate surface area is 466 Å². The number of carbonyl (C=O) groups excluding carboxylic acids is 2. The molecule has 2 atom stereocenters. The van der Waals surface area contributed by atoms with E-state index in [1.165, 1.54) is 109 Å². The predicted octanol–water partition coefficient (Wildman–Crippen LogP) is 19.6. The molecule has 0 aromatic carbocycles. The highest BCUT2D eigenvalue weighted by atomic mass is 31.2. The molecule has 0 saturated carbocycles. The Kier molecular flexibility index (Phi) is 57.8. The van der Waals surface area contributed by atoms with Crippen LogP contribution in [0.5, 0.6) is 0 Å². The third-order valence-electron chi connectivity index (χ3n) is 12.6. The Hall–Kier alpha value is -3.59. The number of phosphoric ester groups is 1. The second-order valence-corrected chi connectivity index (χ2v) is 21.3. The number of unbranched alkanes of at least 4 members (excludes halogenated alkanes) is 23. The summed E-state index contributed by atoms with van der Waals surface area (Å²) in [4.78, 5) is 35.2. The van der Waals surface area contributed by atoms with E-state index in [9.17, 15) is 19.0 Å². The summed E-state index contributed by atoms with van der Waals surface area (Å²) in [7, 11) is -4.39. The molecule has 3 N–H and O–H groups in total. The maximum Gasteiger partial charge on any atom is 0.472 e. The van der Waals surface area contributed by atoms with Gasteiger partial charge in [-0.05, 0) is 89.9 Å². The lowest BCUT2D eigenvalue weighted by Gasteiger charge is -2.19. The van der Waals surface area contributed by atoms with Gasteiger partial charge in [-0.3, -0.25) is 18.6 Å². The van der Waals surface area contributed by atoms with E-state index < -0.39 is 26.5 Å². The summed E-state index contributed by atoms with van der Waals surface area (Å²) in [5, 5.41) is 0. The van der Waals surface area contributed by atoms with Gasteiger partial charge in [-0.1, -0.05) is 270 Å². The normalized spacial score (nSPS) is 13.9. The smallest absolute Gasteiger partial charge is 0.462 e. The largest absolute Gasteiger partial charge is 0.472 e. The quantitative estimate of drug-likeness (QED) is 0.0264. The number of nitrogens with two attached hydrogens (primary N) is 1. The van der Waals surface area contributed by atoms with Gasteiger partial charge in [-0.25, -0.2) is 4.57 Å². The highest BCUT2D eigenvalue weighted by Crippen LogP contribution is 2.43. The van der Waals surface area contributed by atoms with Crippen molar-refractivity contribution in [3.05, 3.63) is 122 Å². The van der Waals surface area contributed by atoms with E-state index >= 15 is 0 Å². The zero-order valence-corrected chi connectivity index (χ0v) is 49.3. The second-order valence-electron chi connectivity index (χ2n) is 19.8. The van der Waals surface area contributed by atoms with Crippen LogP contribution in [0.15, 0.2) is 122 Å². The minimum absolute atomic E-state index is 0.0479. The number of esters is 2. The Morgan fingerprint density at radius 2 is 0.724 bits per heavy atom. The fourth-order valence-electron chi connectivity index (χ4n) is 8.13. The van der Waals surface area contributed by atoms with Crippen LogP contribution >= 0.6 is 7.82 Å². The predicted molar refractivity (Wildman–Crippen MR) is 325 cm³/mol. The van der Waals surface area contributed by atoms with Crippen LogP contribution in [-0.2, 0) is 32.7 Å². The number of hydrogen-bond acceptors (Lipinski definition) is 8.